The van der Waals surface area contributed by atoms with Crippen LogP contribution in [-0.4, -0.2) is 78.8 Å². The highest BCUT2D eigenvalue weighted by Gasteiger charge is 2.32. The molecule has 1 aliphatic rings. The fourth-order valence-electron chi connectivity index (χ4n) is 3.19. The molecule has 1 aliphatic heterocycles. The number of hydrogen-bond donors (Lipinski definition) is 2. The Bertz CT molecular complexity index is 529. The molecule has 1 saturated heterocycles. The quantitative estimate of drug-likeness (QED) is 0.422. The van der Waals surface area contributed by atoms with Gasteiger partial charge in [-0.15, -0.1) is 23.2 Å². The van der Waals surface area contributed by atoms with Crippen LogP contribution in [0.5, 0.6) is 0 Å². The first-order valence-electron chi connectivity index (χ1n) is 9.33. The number of rotatable bonds is 11. The van der Waals surface area contributed by atoms with Crippen LogP contribution in [0, 0.1) is 0 Å². The van der Waals surface area contributed by atoms with Crippen molar-refractivity contribution in [3.63, 3.8) is 0 Å². The summed E-state index contributed by atoms with van der Waals surface area (Å²) in [6.07, 6.45) is 0.187. The summed E-state index contributed by atoms with van der Waals surface area (Å²) >= 11 is 11.7. The smallest absolute Gasteiger partial charge is 0.135 e. The molecule has 0 bridgehead atoms. The minimum absolute atomic E-state index is 0.119. The number of aryl methyl sites for hydroxylation is 1. The molecular weight excluding hydrogens is 391 g/mol. The zero-order chi connectivity index (χ0) is 19.6. The highest BCUT2D eigenvalue weighted by Crippen LogP contribution is 2.20. The van der Waals surface area contributed by atoms with Crippen LogP contribution in [0.2, 0.25) is 0 Å². The van der Waals surface area contributed by atoms with Gasteiger partial charge in [0.2, 0.25) is 0 Å². The zero-order valence-corrected chi connectivity index (χ0v) is 17.3. The Morgan fingerprint density at radius 2 is 1.74 bits per heavy atom. The summed E-state index contributed by atoms with van der Waals surface area (Å²) in [7, 11) is 1.60. The SMILES string of the molecule is CON(CCCc1ccc(N(CCCl)CCCl)cc1)C1C[C@@H](O)[C@@H](O)CO1. The van der Waals surface area contributed by atoms with E-state index in [9.17, 15) is 10.2 Å². The molecule has 0 spiro atoms. The first kappa shape index (κ1) is 22.7. The van der Waals surface area contributed by atoms with Crippen molar-refractivity contribution in [2.75, 3.05) is 50.0 Å². The van der Waals surface area contributed by atoms with E-state index < -0.39 is 12.2 Å². The summed E-state index contributed by atoms with van der Waals surface area (Å²) in [6, 6.07) is 8.45. The molecule has 1 fully saturated rings. The molecule has 154 valence electrons. The number of hydrogen-bond acceptors (Lipinski definition) is 6. The number of benzene rings is 1. The molecule has 2 N–H and O–H groups in total. The van der Waals surface area contributed by atoms with Gasteiger partial charge in [-0.25, -0.2) is 0 Å². The van der Waals surface area contributed by atoms with Crippen molar-refractivity contribution in [1.82, 2.24) is 5.06 Å². The third kappa shape index (κ3) is 7.06. The van der Waals surface area contributed by atoms with Gasteiger partial charge >= 0.3 is 0 Å². The van der Waals surface area contributed by atoms with Gasteiger partial charge in [0.1, 0.15) is 12.3 Å². The maximum atomic E-state index is 9.81. The summed E-state index contributed by atoms with van der Waals surface area (Å²) in [5.41, 5.74) is 2.37. The lowest BCUT2D eigenvalue weighted by Crippen LogP contribution is -2.48. The number of halogens is 2. The third-order valence-electron chi connectivity index (χ3n) is 4.76. The molecule has 3 atom stereocenters. The monoisotopic (exact) mass is 420 g/mol. The van der Waals surface area contributed by atoms with Crippen molar-refractivity contribution in [3.8, 4) is 0 Å². The highest BCUT2D eigenvalue weighted by atomic mass is 35.5. The summed E-state index contributed by atoms with van der Waals surface area (Å²) < 4.78 is 5.57. The Kier molecular flexibility index (Phi) is 10.1. The molecule has 0 aliphatic carbocycles. The lowest BCUT2D eigenvalue weighted by Gasteiger charge is -2.36. The van der Waals surface area contributed by atoms with Crippen molar-refractivity contribution in [3.05, 3.63) is 29.8 Å². The Labute approximate surface area is 171 Å². The van der Waals surface area contributed by atoms with E-state index in [4.69, 9.17) is 32.8 Å². The van der Waals surface area contributed by atoms with Crippen LogP contribution in [0.4, 0.5) is 5.69 Å². The zero-order valence-electron chi connectivity index (χ0n) is 15.8. The van der Waals surface area contributed by atoms with Crippen LogP contribution >= 0.6 is 23.2 Å². The molecule has 1 heterocycles. The van der Waals surface area contributed by atoms with Crippen LogP contribution < -0.4 is 4.90 Å². The van der Waals surface area contributed by atoms with Gasteiger partial charge in [0.25, 0.3) is 0 Å². The van der Waals surface area contributed by atoms with Crippen molar-refractivity contribution in [1.29, 1.82) is 0 Å². The Morgan fingerprint density at radius 3 is 2.30 bits per heavy atom. The number of hydroxylamine groups is 2. The van der Waals surface area contributed by atoms with Crippen LogP contribution in [0.25, 0.3) is 0 Å². The fourth-order valence-corrected chi connectivity index (χ4v) is 3.60. The molecule has 1 aromatic carbocycles. The Balaban J connectivity index is 1.81. The average molecular weight is 421 g/mol. The summed E-state index contributed by atoms with van der Waals surface area (Å²) in [4.78, 5) is 7.58. The van der Waals surface area contributed by atoms with Crippen molar-refractivity contribution in [2.24, 2.45) is 0 Å². The molecule has 27 heavy (non-hydrogen) atoms. The van der Waals surface area contributed by atoms with Gasteiger partial charge in [-0.2, -0.15) is 5.06 Å². The third-order valence-corrected chi connectivity index (χ3v) is 5.09. The second-order valence-electron chi connectivity index (χ2n) is 6.62. The van der Waals surface area contributed by atoms with E-state index in [-0.39, 0.29) is 12.8 Å². The van der Waals surface area contributed by atoms with E-state index in [1.165, 1.54) is 5.56 Å². The van der Waals surface area contributed by atoms with E-state index >= 15 is 0 Å². The van der Waals surface area contributed by atoms with Crippen LogP contribution in [0.3, 0.4) is 0 Å². The molecular formula is C19H30Cl2N2O4. The average Bonchev–Trinajstić information content (AvgIpc) is 2.68. The van der Waals surface area contributed by atoms with Crippen molar-refractivity contribution >= 4 is 28.9 Å². The number of ether oxygens (including phenoxy) is 1. The number of nitrogens with zero attached hydrogens (tertiary/aromatic N) is 2. The van der Waals surface area contributed by atoms with E-state index in [0.29, 0.717) is 24.7 Å². The first-order chi connectivity index (χ1) is 13.1. The van der Waals surface area contributed by atoms with Crippen molar-refractivity contribution in [2.45, 2.75) is 37.7 Å². The molecule has 0 aromatic heterocycles. The van der Waals surface area contributed by atoms with E-state index in [0.717, 1.165) is 31.6 Å². The van der Waals surface area contributed by atoms with Gasteiger partial charge in [0, 0.05) is 43.5 Å². The van der Waals surface area contributed by atoms with E-state index in [1.54, 1.807) is 12.2 Å². The maximum absolute atomic E-state index is 9.81. The van der Waals surface area contributed by atoms with Gasteiger partial charge in [0.05, 0.1) is 19.8 Å². The number of anilines is 1. The van der Waals surface area contributed by atoms with Crippen molar-refractivity contribution < 1.29 is 19.8 Å². The van der Waals surface area contributed by atoms with E-state index in [1.807, 2.05) is 0 Å². The highest BCUT2D eigenvalue weighted by molar-refractivity contribution is 6.18. The van der Waals surface area contributed by atoms with Crippen LogP contribution in [0.15, 0.2) is 24.3 Å². The van der Waals surface area contributed by atoms with Crippen LogP contribution in [0.1, 0.15) is 18.4 Å². The van der Waals surface area contributed by atoms with Gasteiger partial charge in [-0.05, 0) is 30.5 Å². The maximum Gasteiger partial charge on any atom is 0.135 e. The van der Waals surface area contributed by atoms with E-state index in [2.05, 4.69) is 29.2 Å². The number of aliphatic hydroxyl groups is 2. The molecule has 1 unspecified atom stereocenters. The summed E-state index contributed by atoms with van der Waals surface area (Å²) in [5, 5.41) is 21.1. The summed E-state index contributed by atoms with van der Waals surface area (Å²) in [5.74, 6) is 1.14. The van der Waals surface area contributed by atoms with Gasteiger partial charge in [0.15, 0.2) is 0 Å². The Hall–Kier alpha value is -0.600. The second-order valence-corrected chi connectivity index (χ2v) is 7.37. The van der Waals surface area contributed by atoms with Gasteiger partial charge < -0.3 is 19.8 Å². The standard InChI is InChI=1S/C19H30Cl2N2O4/c1-26-23(19-13-17(24)18(25)14-27-19)10-2-3-15-4-6-16(7-5-15)22(11-8-20)12-9-21/h4-7,17-19,24-25H,2-3,8-14H2,1H3/t17-,18+,19?/m1/s1. The molecule has 0 amide bonds. The number of aliphatic hydroxyl groups excluding tert-OH is 2. The fraction of sp³-hybridized carbons (Fsp3) is 0.684. The second kappa shape index (κ2) is 12.1. The molecule has 1 aromatic rings. The molecule has 0 radical (unpaired) electrons. The van der Waals surface area contributed by atoms with Gasteiger partial charge in [-0.3, -0.25) is 4.84 Å². The van der Waals surface area contributed by atoms with Crippen LogP contribution in [-0.2, 0) is 16.0 Å². The predicted octanol–water partition coefficient (Wildman–Crippen LogP) is 2.23. The summed E-state index contributed by atoms with van der Waals surface area (Å²) in [6.45, 7) is 2.35. The van der Waals surface area contributed by atoms with Gasteiger partial charge in [-0.1, -0.05) is 12.1 Å². The number of alkyl halides is 2. The molecule has 8 heteroatoms. The first-order valence-corrected chi connectivity index (χ1v) is 10.4. The molecule has 6 nitrogen and oxygen atoms in total. The Morgan fingerprint density at radius 1 is 1.07 bits per heavy atom. The lowest BCUT2D eigenvalue weighted by atomic mass is 10.1. The predicted molar refractivity (Wildman–Crippen MR) is 109 cm³/mol. The molecule has 2 rings (SSSR count). The largest absolute Gasteiger partial charge is 0.390 e. The molecule has 0 saturated carbocycles. The minimum Gasteiger partial charge on any atom is -0.390 e. The normalized spacial score (nSPS) is 23.0. The minimum atomic E-state index is -0.823. The lowest BCUT2D eigenvalue weighted by molar-refractivity contribution is -0.271. The topological polar surface area (TPSA) is 65.4 Å².